The van der Waals surface area contributed by atoms with Gasteiger partial charge in [0.1, 0.15) is 4.60 Å². The molecule has 1 aromatic rings. The van der Waals surface area contributed by atoms with Gasteiger partial charge in [0, 0.05) is 11.3 Å². The Morgan fingerprint density at radius 1 is 1.46 bits per heavy atom. The highest BCUT2D eigenvalue weighted by Crippen LogP contribution is 2.40. The Bertz CT molecular complexity index is 344. The van der Waals surface area contributed by atoms with Crippen molar-refractivity contribution in [1.82, 2.24) is 9.78 Å². The lowest BCUT2D eigenvalue weighted by Gasteiger charge is -2.12. The van der Waals surface area contributed by atoms with Crippen LogP contribution in [0.3, 0.4) is 0 Å². The van der Waals surface area contributed by atoms with E-state index in [1.807, 2.05) is 11.8 Å². The summed E-state index contributed by atoms with van der Waals surface area (Å²) in [7, 11) is 0. The molecule has 4 heteroatoms. The molecule has 0 unspecified atom stereocenters. The highest BCUT2D eigenvalue weighted by molar-refractivity contribution is 9.10. The summed E-state index contributed by atoms with van der Waals surface area (Å²) < 4.78 is 3.35. The van der Waals surface area contributed by atoms with Crippen molar-refractivity contribution in [2.24, 2.45) is 0 Å². The second kappa shape index (κ2) is 3.02. The maximum absolute atomic E-state index is 4.57. The van der Waals surface area contributed by atoms with Gasteiger partial charge in [-0.05, 0) is 40.9 Å². The number of nitrogens with zero attached hydrogens (tertiary/aromatic N) is 2. The number of thioether (sulfide) groups is 1. The van der Waals surface area contributed by atoms with Gasteiger partial charge in [-0.1, -0.05) is 0 Å². The number of hydrogen-bond acceptors (Lipinski definition) is 2. The largest absolute Gasteiger partial charge is 0.264 e. The number of aromatic nitrogens is 2. The molecule has 13 heavy (non-hydrogen) atoms. The van der Waals surface area contributed by atoms with E-state index in [1.54, 1.807) is 0 Å². The molecule has 2 aliphatic rings. The van der Waals surface area contributed by atoms with Crippen LogP contribution in [-0.2, 0) is 12.2 Å². The third-order valence-electron chi connectivity index (χ3n) is 2.70. The molecular formula is C9H11BrN2S. The van der Waals surface area contributed by atoms with Crippen LogP contribution in [0.1, 0.15) is 30.1 Å². The van der Waals surface area contributed by atoms with Crippen molar-refractivity contribution in [3.05, 3.63) is 15.9 Å². The average molecular weight is 259 g/mol. The number of fused-ring (bicyclic) bond motifs is 1. The number of rotatable bonds is 1. The van der Waals surface area contributed by atoms with Crippen molar-refractivity contribution in [2.45, 2.75) is 31.1 Å². The Labute approximate surface area is 90.2 Å². The molecule has 0 atom stereocenters. The van der Waals surface area contributed by atoms with Crippen LogP contribution >= 0.6 is 27.7 Å². The fourth-order valence-corrected chi connectivity index (χ4v) is 3.43. The monoisotopic (exact) mass is 258 g/mol. The van der Waals surface area contributed by atoms with Gasteiger partial charge in [0.15, 0.2) is 0 Å². The van der Waals surface area contributed by atoms with E-state index in [1.165, 1.54) is 36.3 Å². The maximum Gasteiger partial charge on any atom is 0.131 e. The first-order chi connectivity index (χ1) is 6.36. The second-order valence-corrected chi connectivity index (χ2v) is 5.55. The molecule has 0 saturated heterocycles. The minimum atomic E-state index is 0.721. The lowest BCUT2D eigenvalue weighted by molar-refractivity contribution is 0.614. The van der Waals surface area contributed by atoms with Gasteiger partial charge in [0.05, 0.1) is 11.7 Å². The van der Waals surface area contributed by atoms with Crippen LogP contribution in [0.5, 0.6) is 0 Å². The van der Waals surface area contributed by atoms with Crippen molar-refractivity contribution in [3.8, 4) is 0 Å². The second-order valence-electron chi connectivity index (χ2n) is 3.69. The third-order valence-corrected chi connectivity index (χ3v) is 4.30. The van der Waals surface area contributed by atoms with Gasteiger partial charge in [-0.25, -0.2) is 0 Å². The topological polar surface area (TPSA) is 17.8 Å². The Balaban J connectivity index is 2.09. The van der Waals surface area contributed by atoms with Crippen LogP contribution in [0.2, 0.25) is 0 Å². The van der Waals surface area contributed by atoms with Gasteiger partial charge in [-0.2, -0.15) is 16.9 Å². The van der Waals surface area contributed by atoms with Crippen LogP contribution in [-0.4, -0.2) is 15.5 Å². The molecule has 1 aliphatic heterocycles. The van der Waals surface area contributed by atoms with Crippen molar-refractivity contribution in [2.75, 3.05) is 5.75 Å². The van der Waals surface area contributed by atoms with E-state index in [2.05, 4.69) is 25.7 Å². The molecule has 1 aromatic heterocycles. The van der Waals surface area contributed by atoms with Gasteiger partial charge in [0.2, 0.25) is 0 Å². The zero-order valence-corrected chi connectivity index (χ0v) is 9.70. The zero-order valence-electron chi connectivity index (χ0n) is 7.29. The van der Waals surface area contributed by atoms with Crippen LogP contribution in [0.15, 0.2) is 4.60 Å². The molecule has 0 radical (unpaired) electrons. The zero-order chi connectivity index (χ0) is 8.84. The van der Waals surface area contributed by atoms with Crippen LogP contribution < -0.4 is 0 Å². The Morgan fingerprint density at radius 2 is 2.31 bits per heavy atom. The van der Waals surface area contributed by atoms with E-state index < -0.39 is 0 Å². The number of hydrogen-bond donors (Lipinski definition) is 0. The molecule has 3 rings (SSSR count). The molecule has 0 spiro atoms. The minimum absolute atomic E-state index is 0.721. The molecule has 1 aliphatic carbocycles. The smallest absolute Gasteiger partial charge is 0.131 e. The molecule has 1 saturated carbocycles. The van der Waals surface area contributed by atoms with Gasteiger partial charge in [-0.15, -0.1) is 0 Å². The van der Waals surface area contributed by atoms with Crippen LogP contribution in [0.4, 0.5) is 0 Å². The number of halogens is 1. The molecule has 0 N–H and O–H groups in total. The lowest BCUT2D eigenvalue weighted by atomic mass is 10.2. The summed E-state index contributed by atoms with van der Waals surface area (Å²) in [6.07, 6.45) is 3.84. The summed E-state index contributed by atoms with van der Waals surface area (Å²) in [6.45, 7) is 0. The minimum Gasteiger partial charge on any atom is -0.264 e. The lowest BCUT2D eigenvalue weighted by Crippen LogP contribution is -2.07. The SMILES string of the molecule is Brc1nn(C2CC2)c2c1CCSC2. The Kier molecular flexibility index (Phi) is 1.94. The summed E-state index contributed by atoms with van der Waals surface area (Å²) in [5, 5.41) is 4.57. The van der Waals surface area contributed by atoms with Gasteiger partial charge >= 0.3 is 0 Å². The van der Waals surface area contributed by atoms with Gasteiger partial charge in [0.25, 0.3) is 0 Å². The van der Waals surface area contributed by atoms with Crippen molar-refractivity contribution < 1.29 is 0 Å². The first kappa shape index (κ1) is 8.36. The van der Waals surface area contributed by atoms with Crippen molar-refractivity contribution in [3.63, 3.8) is 0 Å². The van der Waals surface area contributed by atoms with E-state index in [-0.39, 0.29) is 0 Å². The van der Waals surface area contributed by atoms with E-state index in [4.69, 9.17) is 0 Å². The van der Waals surface area contributed by atoms with Gasteiger partial charge < -0.3 is 0 Å². The van der Waals surface area contributed by atoms with Crippen LogP contribution in [0, 0.1) is 0 Å². The van der Waals surface area contributed by atoms with Crippen LogP contribution in [0.25, 0.3) is 0 Å². The fraction of sp³-hybridized carbons (Fsp3) is 0.667. The quantitative estimate of drug-likeness (QED) is 0.771. The van der Waals surface area contributed by atoms with Crippen molar-refractivity contribution >= 4 is 27.7 Å². The molecule has 1 fully saturated rings. The van der Waals surface area contributed by atoms with Gasteiger partial charge in [-0.3, -0.25) is 4.68 Å². The highest BCUT2D eigenvalue weighted by Gasteiger charge is 2.30. The normalized spacial score (nSPS) is 21.6. The summed E-state index contributed by atoms with van der Waals surface area (Å²) in [6, 6.07) is 0.721. The predicted octanol–water partition coefficient (Wildman–Crippen LogP) is 2.77. The summed E-state index contributed by atoms with van der Waals surface area (Å²) in [4.78, 5) is 0. The molecule has 0 bridgehead atoms. The third kappa shape index (κ3) is 1.34. The molecule has 0 aromatic carbocycles. The van der Waals surface area contributed by atoms with E-state index in [0.717, 1.165) is 16.4 Å². The Morgan fingerprint density at radius 3 is 3.08 bits per heavy atom. The predicted molar refractivity (Wildman–Crippen MR) is 58.1 cm³/mol. The van der Waals surface area contributed by atoms with E-state index in [9.17, 15) is 0 Å². The standard InChI is InChI=1S/C9H11BrN2S/c10-9-7-3-4-13-5-8(7)12(11-9)6-1-2-6/h6H,1-5H2. The Hall–Kier alpha value is 0.0400. The first-order valence-corrected chi connectivity index (χ1v) is 6.64. The van der Waals surface area contributed by atoms with E-state index >= 15 is 0 Å². The molecule has 2 heterocycles. The fourth-order valence-electron chi connectivity index (χ4n) is 1.84. The summed E-state index contributed by atoms with van der Waals surface area (Å²) >= 11 is 5.59. The molecule has 0 amide bonds. The summed E-state index contributed by atoms with van der Waals surface area (Å²) in [5.41, 5.74) is 2.94. The maximum atomic E-state index is 4.57. The first-order valence-electron chi connectivity index (χ1n) is 4.70. The van der Waals surface area contributed by atoms with Crippen molar-refractivity contribution in [1.29, 1.82) is 0 Å². The average Bonchev–Trinajstić information content (AvgIpc) is 2.94. The summed E-state index contributed by atoms with van der Waals surface area (Å²) in [5.74, 6) is 2.41. The molecule has 2 nitrogen and oxygen atoms in total. The van der Waals surface area contributed by atoms with E-state index in [0.29, 0.717) is 0 Å². The molecule has 70 valence electrons. The molecular weight excluding hydrogens is 248 g/mol. The highest BCUT2D eigenvalue weighted by atomic mass is 79.9.